The number of hydrogen-bond donors (Lipinski definition) is 3. The Morgan fingerprint density at radius 1 is 1.00 bits per heavy atom. The summed E-state index contributed by atoms with van der Waals surface area (Å²) in [5.41, 5.74) is 0.249. The SMILES string of the molecule is CC(C)(C)N1C(=O)c2ccc(C(=O)Nc3cc(CC(=O)O)ccc3O)cc2C1=O. The molecule has 1 heterocycles. The number of aromatic hydroxyl groups is 1. The predicted molar refractivity (Wildman–Crippen MR) is 104 cm³/mol. The second-order valence-electron chi connectivity index (χ2n) is 7.75. The molecule has 0 radical (unpaired) electrons. The van der Waals surface area contributed by atoms with Gasteiger partial charge in [-0.05, 0) is 56.7 Å². The third-order valence-electron chi connectivity index (χ3n) is 4.48. The molecule has 3 rings (SSSR count). The number of carbonyl (C=O) groups excluding carboxylic acids is 3. The van der Waals surface area contributed by atoms with Crippen LogP contribution in [0.2, 0.25) is 0 Å². The van der Waals surface area contributed by atoms with Gasteiger partial charge in [0.25, 0.3) is 17.7 Å². The van der Waals surface area contributed by atoms with E-state index in [0.29, 0.717) is 5.56 Å². The molecule has 8 heteroatoms. The van der Waals surface area contributed by atoms with E-state index in [1.165, 1.54) is 36.4 Å². The van der Waals surface area contributed by atoms with Gasteiger partial charge < -0.3 is 15.5 Å². The van der Waals surface area contributed by atoms with Crippen LogP contribution in [0.3, 0.4) is 0 Å². The summed E-state index contributed by atoms with van der Waals surface area (Å²) in [6, 6.07) is 8.29. The van der Waals surface area contributed by atoms with E-state index in [-0.39, 0.29) is 34.5 Å². The first kappa shape index (κ1) is 20.1. The van der Waals surface area contributed by atoms with Crippen molar-refractivity contribution in [3.8, 4) is 5.75 Å². The van der Waals surface area contributed by atoms with E-state index in [2.05, 4.69) is 5.32 Å². The third kappa shape index (κ3) is 3.82. The molecule has 0 atom stereocenters. The van der Waals surface area contributed by atoms with E-state index in [1.54, 1.807) is 20.8 Å². The number of imide groups is 1. The van der Waals surface area contributed by atoms with Crippen molar-refractivity contribution < 1.29 is 29.4 Å². The van der Waals surface area contributed by atoms with Crippen molar-refractivity contribution in [1.29, 1.82) is 0 Å². The molecule has 1 aliphatic heterocycles. The lowest BCUT2D eigenvalue weighted by Gasteiger charge is -2.29. The van der Waals surface area contributed by atoms with Crippen molar-refractivity contribution in [1.82, 2.24) is 4.90 Å². The van der Waals surface area contributed by atoms with Crippen LogP contribution in [-0.2, 0) is 11.2 Å². The number of rotatable bonds is 4. The second kappa shape index (κ2) is 7.05. The molecule has 0 saturated carbocycles. The average molecular weight is 396 g/mol. The summed E-state index contributed by atoms with van der Waals surface area (Å²) >= 11 is 0. The van der Waals surface area contributed by atoms with Crippen molar-refractivity contribution in [2.24, 2.45) is 0 Å². The lowest BCUT2D eigenvalue weighted by molar-refractivity contribution is -0.136. The maximum absolute atomic E-state index is 12.7. The molecule has 3 amide bonds. The first-order valence-corrected chi connectivity index (χ1v) is 8.87. The van der Waals surface area contributed by atoms with Crippen LogP contribution in [-0.4, -0.2) is 44.3 Å². The van der Waals surface area contributed by atoms with Gasteiger partial charge >= 0.3 is 5.97 Å². The van der Waals surface area contributed by atoms with Crippen LogP contribution < -0.4 is 5.32 Å². The number of phenolic OH excluding ortho intramolecular Hbond substituents is 1. The Morgan fingerprint density at radius 2 is 1.66 bits per heavy atom. The molecule has 29 heavy (non-hydrogen) atoms. The summed E-state index contributed by atoms with van der Waals surface area (Å²) in [5.74, 6) is -2.76. The Morgan fingerprint density at radius 3 is 2.28 bits per heavy atom. The van der Waals surface area contributed by atoms with Crippen LogP contribution in [0.25, 0.3) is 0 Å². The molecule has 150 valence electrons. The lowest BCUT2D eigenvalue weighted by Crippen LogP contribution is -2.45. The first-order valence-electron chi connectivity index (χ1n) is 8.87. The summed E-state index contributed by atoms with van der Waals surface area (Å²) < 4.78 is 0. The van der Waals surface area contributed by atoms with Gasteiger partial charge in [-0.3, -0.25) is 24.1 Å². The number of carbonyl (C=O) groups is 4. The molecule has 3 N–H and O–H groups in total. The number of hydrogen-bond acceptors (Lipinski definition) is 5. The summed E-state index contributed by atoms with van der Waals surface area (Å²) in [5, 5.41) is 21.3. The number of phenols is 1. The molecule has 0 aliphatic carbocycles. The van der Waals surface area contributed by atoms with Crippen LogP contribution in [0.1, 0.15) is 57.4 Å². The molecule has 8 nitrogen and oxygen atoms in total. The van der Waals surface area contributed by atoms with Crippen molar-refractivity contribution in [2.75, 3.05) is 5.32 Å². The van der Waals surface area contributed by atoms with Gasteiger partial charge in [-0.25, -0.2) is 0 Å². The molecule has 2 aromatic carbocycles. The number of carboxylic acid groups (broad SMARTS) is 1. The standard InChI is InChI=1S/C21H20N2O6/c1-21(2,3)23-19(28)13-6-5-12(10-14(13)20(23)29)18(27)22-15-8-11(9-17(25)26)4-7-16(15)24/h4-8,10,24H,9H2,1-3H3,(H,22,27)(H,25,26). The maximum atomic E-state index is 12.7. The maximum Gasteiger partial charge on any atom is 0.307 e. The normalized spacial score (nSPS) is 13.4. The quantitative estimate of drug-likeness (QED) is 0.539. The number of amides is 3. The number of aliphatic carboxylic acids is 1. The highest BCUT2D eigenvalue weighted by atomic mass is 16.4. The van der Waals surface area contributed by atoms with Gasteiger partial charge in [-0.15, -0.1) is 0 Å². The Labute approximate surface area is 166 Å². The van der Waals surface area contributed by atoms with Crippen LogP contribution in [0, 0.1) is 0 Å². The van der Waals surface area contributed by atoms with E-state index in [1.807, 2.05) is 0 Å². The number of anilines is 1. The highest BCUT2D eigenvalue weighted by Gasteiger charge is 2.42. The fourth-order valence-corrected chi connectivity index (χ4v) is 3.15. The Balaban J connectivity index is 1.88. The minimum absolute atomic E-state index is 0.0490. The number of carboxylic acids is 1. The fraction of sp³-hybridized carbons (Fsp3) is 0.238. The first-order chi connectivity index (χ1) is 13.5. The van der Waals surface area contributed by atoms with Crippen LogP contribution in [0.5, 0.6) is 5.75 Å². The number of fused-ring (bicyclic) bond motifs is 1. The average Bonchev–Trinajstić information content (AvgIpc) is 2.87. The van der Waals surface area contributed by atoms with Gasteiger partial charge in [0.05, 0.1) is 23.2 Å². The Hall–Kier alpha value is -3.68. The monoisotopic (exact) mass is 396 g/mol. The molecule has 0 bridgehead atoms. The van der Waals surface area contributed by atoms with Crippen molar-refractivity contribution >= 4 is 29.4 Å². The van der Waals surface area contributed by atoms with Gasteiger partial charge in [0.1, 0.15) is 5.75 Å². The fourth-order valence-electron chi connectivity index (χ4n) is 3.15. The van der Waals surface area contributed by atoms with Crippen LogP contribution in [0.15, 0.2) is 36.4 Å². The molecule has 0 fully saturated rings. The number of benzene rings is 2. The summed E-state index contributed by atoms with van der Waals surface area (Å²) in [7, 11) is 0. The van der Waals surface area contributed by atoms with Crippen LogP contribution in [0.4, 0.5) is 5.69 Å². The highest BCUT2D eigenvalue weighted by molar-refractivity contribution is 6.22. The molecule has 0 spiro atoms. The number of nitrogens with one attached hydrogen (secondary N) is 1. The van der Waals surface area contributed by atoms with Gasteiger partial charge in [0.15, 0.2) is 0 Å². The predicted octanol–water partition coefficient (Wildman–Crippen LogP) is 2.67. The van der Waals surface area contributed by atoms with Gasteiger partial charge in [-0.2, -0.15) is 0 Å². The van der Waals surface area contributed by atoms with Gasteiger partial charge in [0.2, 0.25) is 0 Å². The zero-order chi connectivity index (χ0) is 21.5. The van der Waals surface area contributed by atoms with Crippen LogP contribution >= 0.6 is 0 Å². The topological polar surface area (TPSA) is 124 Å². The molecule has 0 aromatic heterocycles. The van der Waals surface area contributed by atoms with E-state index in [4.69, 9.17) is 5.11 Å². The van der Waals surface area contributed by atoms with Gasteiger partial charge in [-0.1, -0.05) is 6.07 Å². The zero-order valence-corrected chi connectivity index (χ0v) is 16.1. The van der Waals surface area contributed by atoms with Crippen molar-refractivity contribution in [3.63, 3.8) is 0 Å². The summed E-state index contributed by atoms with van der Waals surface area (Å²) in [4.78, 5) is 49.8. The summed E-state index contributed by atoms with van der Waals surface area (Å²) in [6.45, 7) is 5.24. The van der Waals surface area contributed by atoms with E-state index in [0.717, 1.165) is 4.90 Å². The molecule has 2 aromatic rings. The lowest BCUT2D eigenvalue weighted by atomic mass is 10.0. The molecule has 1 aliphatic rings. The van der Waals surface area contributed by atoms with Crippen molar-refractivity contribution in [3.05, 3.63) is 58.7 Å². The third-order valence-corrected chi connectivity index (χ3v) is 4.48. The largest absolute Gasteiger partial charge is 0.506 e. The Kier molecular flexibility index (Phi) is 4.88. The Bertz CT molecular complexity index is 1050. The second-order valence-corrected chi connectivity index (χ2v) is 7.75. The van der Waals surface area contributed by atoms with E-state index >= 15 is 0 Å². The zero-order valence-electron chi connectivity index (χ0n) is 16.1. The number of nitrogens with zero attached hydrogens (tertiary/aromatic N) is 1. The minimum Gasteiger partial charge on any atom is -0.506 e. The van der Waals surface area contributed by atoms with E-state index < -0.39 is 29.2 Å². The van der Waals surface area contributed by atoms with E-state index in [9.17, 15) is 24.3 Å². The molecule has 0 unspecified atom stereocenters. The van der Waals surface area contributed by atoms with Crippen molar-refractivity contribution in [2.45, 2.75) is 32.7 Å². The molecular formula is C21H20N2O6. The minimum atomic E-state index is -1.04. The van der Waals surface area contributed by atoms with Gasteiger partial charge in [0, 0.05) is 11.1 Å². The molecular weight excluding hydrogens is 376 g/mol. The molecule has 0 saturated heterocycles. The highest BCUT2D eigenvalue weighted by Crippen LogP contribution is 2.30. The smallest absolute Gasteiger partial charge is 0.307 e. The summed E-state index contributed by atoms with van der Waals surface area (Å²) in [6.07, 6.45) is -0.263.